The number of rotatable bonds is 46. The van der Waals surface area contributed by atoms with Crippen molar-refractivity contribution in [2.24, 2.45) is 0 Å². The van der Waals surface area contributed by atoms with Crippen molar-refractivity contribution in [3.8, 4) is 0 Å². The molecule has 0 saturated carbocycles. The highest BCUT2D eigenvalue weighted by Crippen LogP contribution is 2.17. The van der Waals surface area contributed by atoms with Crippen molar-refractivity contribution in [3.05, 3.63) is 24.3 Å². The Balaban J connectivity index is 3.19. The van der Waals surface area contributed by atoms with E-state index in [1.807, 2.05) is 0 Å². The Morgan fingerprint density at radius 1 is 0.370 bits per heavy atom. The number of carbonyl (C=O) groups is 2. The lowest BCUT2D eigenvalue weighted by atomic mass is 10.0. The van der Waals surface area contributed by atoms with Gasteiger partial charge in [0.1, 0.15) is 0 Å². The van der Waals surface area contributed by atoms with Crippen LogP contribution in [0.3, 0.4) is 0 Å². The Hall–Kier alpha value is -1.09. The summed E-state index contributed by atoms with van der Waals surface area (Å²) in [6, 6.07) is 0. The van der Waals surface area contributed by atoms with E-state index in [1.54, 1.807) is 0 Å². The van der Waals surface area contributed by atoms with Gasteiger partial charge in [-0.05, 0) is 63.0 Å². The molecule has 0 N–H and O–H groups in total. The third kappa shape index (κ3) is 48.9. The van der Waals surface area contributed by atoms with Gasteiger partial charge in [-0.1, -0.05) is 237 Å². The minimum Gasteiger partial charge on any atom is -0.466 e. The molecule has 0 spiro atoms. The van der Waals surface area contributed by atoms with E-state index >= 15 is 0 Å². The smallest absolute Gasteiger partial charge is 0.305 e. The van der Waals surface area contributed by atoms with Gasteiger partial charge in [0, 0.05) is 12.8 Å². The summed E-state index contributed by atoms with van der Waals surface area (Å²) in [6.07, 6.45) is 63.1. The maximum Gasteiger partial charge on any atom is 0.305 e. The highest BCUT2D eigenvalue weighted by Gasteiger charge is 2.03. The van der Waals surface area contributed by atoms with Crippen LogP contribution in [0.4, 0.5) is 0 Å². The Morgan fingerprint density at radius 3 is 1.02 bits per heavy atom. The van der Waals surface area contributed by atoms with E-state index in [0.29, 0.717) is 19.4 Å². The van der Waals surface area contributed by atoms with Crippen molar-refractivity contribution in [1.82, 2.24) is 0 Å². The predicted molar refractivity (Wildman–Crippen MR) is 240 cm³/mol. The Kier molecular flexibility index (Phi) is 47.1. The number of halogens is 1. The minimum absolute atomic E-state index is 0.00491. The maximum atomic E-state index is 12.0. The Labute approximate surface area is 343 Å². The van der Waals surface area contributed by atoms with E-state index < -0.39 is 0 Å². The average molecular weight is 778 g/mol. The van der Waals surface area contributed by atoms with Gasteiger partial charge in [-0.2, -0.15) is 0 Å². The summed E-state index contributed by atoms with van der Waals surface area (Å²) >= 11 is 5.38. The molecule has 4 heteroatoms. The normalized spacial score (nSPS) is 11.7. The highest BCUT2D eigenvalue weighted by molar-refractivity contribution is 6.63. The fourth-order valence-electron chi connectivity index (χ4n) is 7.48. The van der Waals surface area contributed by atoms with Crippen molar-refractivity contribution >= 4 is 22.8 Å². The second-order valence-electron chi connectivity index (χ2n) is 16.6. The first kappa shape index (κ1) is 52.9. The van der Waals surface area contributed by atoms with Gasteiger partial charge < -0.3 is 4.74 Å². The Morgan fingerprint density at radius 2 is 0.667 bits per heavy atom. The van der Waals surface area contributed by atoms with Crippen LogP contribution in [0.5, 0.6) is 0 Å². The lowest BCUT2D eigenvalue weighted by molar-refractivity contribution is -0.143. The second-order valence-corrected chi connectivity index (χ2v) is 17.0. The van der Waals surface area contributed by atoms with Gasteiger partial charge in [0.05, 0.1) is 6.61 Å². The van der Waals surface area contributed by atoms with Crippen LogP contribution in [0.2, 0.25) is 0 Å². The first-order valence-electron chi connectivity index (χ1n) is 24.3. The molecular weight excluding hydrogens is 684 g/mol. The van der Waals surface area contributed by atoms with E-state index in [0.717, 1.165) is 44.9 Å². The van der Waals surface area contributed by atoms with Crippen LogP contribution in [-0.2, 0) is 14.3 Å². The number of hydrogen-bond acceptors (Lipinski definition) is 3. The van der Waals surface area contributed by atoms with Crippen LogP contribution in [-0.4, -0.2) is 17.8 Å². The number of carbonyl (C=O) groups excluding carboxylic acids is 2. The van der Waals surface area contributed by atoms with Crippen molar-refractivity contribution in [2.45, 2.75) is 277 Å². The van der Waals surface area contributed by atoms with Crippen LogP contribution in [0.1, 0.15) is 277 Å². The molecule has 0 radical (unpaired) electrons. The molecule has 0 aliphatic rings. The van der Waals surface area contributed by atoms with Crippen LogP contribution in [0.25, 0.3) is 0 Å². The zero-order valence-corrected chi connectivity index (χ0v) is 37.1. The molecule has 318 valence electrons. The van der Waals surface area contributed by atoms with Crippen molar-refractivity contribution in [1.29, 1.82) is 0 Å². The zero-order valence-electron chi connectivity index (χ0n) is 36.3. The summed E-state index contributed by atoms with van der Waals surface area (Å²) in [4.78, 5) is 22.7. The summed E-state index contributed by atoms with van der Waals surface area (Å²) in [7, 11) is 0. The summed E-state index contributed by atoms with van der Waals surface area (Å²) in [6.45, 7) is 2.89. The third-order valence-corrected chi connectivity index (χ3v) is 11.3. The van der Waals surface area contributed by atoms with E-state index in [2.05, 4.69) is 31.2 Å². The maximum absolute atomic E-state index is 12.0. The summed E-state index contributed by atoms with van der Waals surface area (Å²) in [5.74, 6) is 0.00491. The highest BCUT2D eigenvalue weighted by atomic mass is 35.5. The monoisotopic (exact) mass is 777 g/mol. The SMILES string of the molecule is CCCCCCCCC=CCC=CCCCCCCC(=O)OCCCCCCCCCCCCCCCCCCCCCCCCCCCCCC(=O)Cl. The van der Waals surface area contributed by atoms with E-state index in [1.165, 1.54) is 212 Å². The molecule has 54 heavy (non-hydrogen) atoms. The summed E-state index contributed by atoms with van der Waals surface area (Å²) < 4.78 is 5.47. The number of hydrogen-bond donors (Lipinski definition) is 0. The van der Waals surface area contributed by atoms with Crippen LogP contribution in [0.15, 0.2) is 24.3 Å². The first-order valence-corrected chi connectivity index (χ1v) is 24.7. The molecule has 0 aromatic rings. The van der Waals surface area contributed by atoms with Gasteiger partial charge in [0.25, 0.3) is 0 Å². The molecule has 0 saturated heterocycles. The molecule has 0 unspecified atom stereocenters. The van der Waals surface area contributed by atoms with Gasteiger partial charge in [0.2, 0.25) is 5.24 Å². The molecule has 0 amide bonds. The van der Waals surface area contributed by atoms with E-state index in [9.17, 15) is 9.59 Å². The van der Waals surface area contributed by atoms with Gasteiger partial charge in [0.15, 0.2) is 0 Å². The molecule has 0 aromatic carbocycles. The topological polar surface area (TPSA) is 43.4 Å². The third-order valence-electron chi connectivity index (χ3n) is 11.1. The van der Waals surface area contributed by atoms with Crippen molar-refractivity contribution in [3.63, 3.8) is 0 Å². The number of allylic oxidation sites excluding steroid dienone is 4. The minimum atomic E-state index is -0.182. The molecular formula is C50H93ClO3. The average Bonchev–Trinajstić information content (AvgIpc) is 3.16. The molecule has 0 aliphatic heterocycles. The van der Waals surface area contributed by atoms with E-state index in [4.69, 9.17) is 16.3 Å². The van der Waals surface area contributed by atoms with Crippen molar-refractivity contribution in [2.75, 3.05) is 6.61 Å². The molecule has 0 atom stereocenters. The molecule has 0 aliphatic carbocycles. The van der Waals surface area contributed by atoms with Crippen LogP contribution >= 0.6 is 11.6 Å². The standard InChI is InChI=1S/C50H93ClO3/c1-2-3-4-5-6-7-8-9-10-22-26-29-32-35-38-41-44-47-50(53)54-48-45-42-39-36-33-30-27-24-21-19-17-15-13-11-12-14-16-18-20-23-25-28-31-34-37-40-43-46-49(51)52/h9-10,26,29H,2-8,11-25,27-28,30-48H2,1H3. The van der Waals surface area contributed by atoms with Gasteiger partial charge in [-0.3, -0.25) is 9.59 Å². The molecule has 0 heterocycles. The lowest BCUT2D eigenvalue weighted by Gasteiger charge is -2.05. The lowest BCUT2D eigenvalue weighted by Crippen LogP contribution is -2.05. The second kappa shape index (κ2) is 48.1. The molecule has 0 fully saturated rings. The van der Waals surface area contributed by atoms with Crippen LogP contribution < -0.4 is 0 Å². The van der Waals surface area contributed by atoms with Gasteiger partial charge in [-0.25, -0.2) is 0 Å². The van der Waals surface area contributed by atoms with Crippen molar-refractivity contribution < 1.29 is 14.3 Å². The fourth-order valence-corrected chi connectivity index (χ4v) is 7.61. The summed E-state index contributed by atoms with van der Waals surface area (Å²) in [5.41, 5.74) is 0. The van der Waals surface area contributed by atoms with Gasteiger partial charge >= 0.3 is 5.97 Å². The van der Waals surface area contributed by atoms with E-state index in [-0.39, 0.29) is 11.2 Å². The predicted octanol–water partition coefficient (Wildman–Crippen LogP) is 17.8. The van der Waals surface area contributed by atoms with Gasteiger partial charge in [-0.15, -0.1) is 0 Å². The largest absolute Gasteiger partial charge is 0.466 e. The number of unbranched alkanes of at least 4 members (excludes halogenated alkanes) is 36. The number of ether oxygens (including phenoxy) is 1. The van der Waals surface area contributed by atoms with Crippen LogP contribution in [0, 0.1) is 0 Å². The molecule has 0 bridgehead atoms. The number of esters is 1. The first-order chi connectivity index (χ1) is 26.7. The quantitative estimate of drug-likeness (QED) is 0.0268. The molecule has 0 rings (SSSR count). The fraction of sp³-hybridized carbons (Fsp3) is 0.880. The molecule has 3 nitrogen and oxygen atoms in total. The molecule has 0 aromatic heterocycles. The Bertz CT molecular complexity index is 806. The summed E-state index contributed by atoms with van der Waals surface area (Å²) in [5, 5.41) is -0.182. The zero-order chi connectivity index (χ0) is 39.1.